The van der Waals surface area contributed by atoms with E-state index in [9.17, 15) is 53.1 Å². The van der Waals surface area contributed by atoms with Gasteiger partial charge in [0.2, 0.25) is 29.5 Å². The van der Waals surface area contributed by atoms with Gasteiger partial charge in [0.25, 0.3) is 5.56 Å². The van der Waals surface area contributed by atoms with E-state index in [0.717, 1.165) is 34.9 Å². The van der Waals surface area contributed by atoms with Crippen LogP contribution in [0, 0.1) is 24.6 Å². The summed E-state index contributed by atoms with van der Waals surface area (Å²) in [5, 5.41) is 20.2. The predicted octanol–water partition coefficient (Wildman–Crippen LogP) is 5.27. The molecule has 19 nitrogen and oxygen atoms in total. The molecule has 2 aromatic carbocycles. The molecule has 9 rings (SSSR count). The molecular weight excluding hydrogens is 1030 g/mol. The lowest BCUT2D eigenvalue weighted by molar-refractivity contribution is -0.172. The number of cyclic esters (lactones) is 1. The number of carbonyl (C=O) groups excluding carboxylic acids is 9. The van der Waals surface area contributed by atoms with Gasteiger partial charge in [-0.25, -0.2) is 14.2 Å². The highest BCUT2D eigenvalue weighted by Crippen LogP contribution is 2.48. The Hall–Kier alpha value is -7.32. The zero-order valence-corrected chi connectivity index (χ0v) is 45.6. The van der Waals surface area contributed by atoms with Crippen LogP contribution in [0.1, 0.15) is 155 Å². The standard InChI is InChI=1S/C60H69FN6O13/c1-4-60(78)42-27-46-56-40(30-67(46)58(76)41(42)31-79-59(60)77)54-37(16-18-39-34(3)43(61)28-45(65-56)55(39)54)26-48(70)49(25-36-14-15-36)80-32-63-51(72)21-19-47(69)44(24-35-11-7-5-8-12-35)64-52(73)20-17-38(68)29-62-50(71)13-9-6-10-22-66-53(74)23-33(2)57(66)75/h5,7-8,11-12,27-28,33,36-37,44,49,78H,4,6,9-10,13-26,29-32H2,1-3H3,(H,62,71)(H,63,72)(H,64,73)/t33?,37-,44+,49+,60+/m1/s1. The van der Waals surface area contributed by atoms with Gasteiger partial charge in [-0.1, -0.05) is 63.4 Å². The molecule has 0 radical (unpaired) electrons. The van der Waals surface area contributed by atoms with Gasteiger partial charge in [0.05, 0.1) is 41.6 Å². The number of likely N-dealkylation sites (tertiary alicyclic amines) is 1. The van der Waals surface area contributed by atoms with Gasteiger partial charge in [0.1, 0.15) is 25.3 Å². The third kappa shape index (κ3) is 12.5. The third-order valence-corrected chi connectivity index (χ3v) is 16.6. The number of benzene rings is 2. The van der Waals surface area contributed by atoms with Crippen LogP contribution in [0.4, 0.5) is 4.39 Å². The summed E-state index contributed by atoms with van der Waals surface area (Å²) >= 11 is 0. The lowest BCUT2D eigenvalue weighted by Gasteiger charge is -2.31. The molecule has 3 aliphatic heterocycles. The van der Waals surface area contributed by atoms with Gasteiger partial charge in [0, 0.05) is 80.0 Å². The SMILES string of the molecule is CC[C@@]1(O)C(=O)OCc2c1cc1n(c2=O)Cc2c-1nc1cc(F)c(C)c3c1c2[C@@H](CC(=O)[C@H](CC1CC1)OCNC(=O)CCC(=O)[C@H](Cc1ccccc1)NC(=O)CCC(=O)CNC(=O)CCCCCN1C(=O)CC(C)C1=O)CC3. The van der Waals surface area contributed by atoms with E-state index in [2.05, 4.69) is 16.0 Å². The Morgan fingerprint density at radius 1 is 0.887 bits per heavy atom. The van der Waals surface area contributed by atoms with Crippen LogP contribution in [0.15, 0.2) is 47.3 Å². The van der Waals surface area contributed by atoms with E-state index in [1.54, 1.807) is 51.1 Å². The Morgan fingerprint density at radius 2 is 1.64 bits per heavy atom. The average molecular weight is 1100 g/mol. The molecular formula is C60H69FN6O13. The van der Waals surface area contributed by atoms with Gasteiger partial charge >= 0.3 is 5.97 Å². The van der Waals surface area contributed by atoms with Crippen LogP contribution < -0.4 is 21.5 Å². The van der Waals surface area contributed by atoms with Crippen molar-refractivity contribution >= 4 is 63.8 Å². The molecule has 1 saturated heterocycles. The van der Waals surface area contributed by atoms with E-state index in [1.165, 1.54) is 15.5 Å². The summed E-state index contributed by atoms with van der Waals surface area (Å²) in [5.41, 5.74) is 2.54. The fraction of sp³-hybridized carbons (Fsp3) is 0.517. The lowest BCUT2D eigenvalue weighted by atomic mass is 9.76. The lowest BCUT2D eigenvalue weighted by Crippen LogP contribution is -2.44. The van der Waals surface area contributed by atoms with Gasteiger partial charge in [-0.05, 0) is 92.0 Å². The monoisotopic (exact) mass is 1100 g/mol. The molecule has 5 amide bonds. The number of esters is 1. The summed E-state index contributed by atoms with van der Waals surface area (Å²) in [7, 11) is 0. The topological polar surface area (TPSA) is 267 Å². The van der Waals surface area contributed by atoms with Gasteiger partial charge in [-0.3, -0.25) is 48.1 Å². The number of pyridine rings is 2. The number of Topliss-reactive ketones (excluding diaryl/α,β-unsaturated/α-hetero) is 3. The molecule has 0 spiro atoms. The quantitative estimate of drug-likeness (QED) is 0.0226. The van der Waals surface area contributed by atoms with Crippen molar-refractivity contribution in [2.45, 2.75) is 167 Å². The number of ketones is 3. The first-order valence-corrected chi connectivity index (χ1v) is 28.1. The highest BCUT2D eigenvalue weighted by Gasteiger charge is 2.46. The average Bonchev–Trinajstić information content (AvgIpc) is 4.22. The largest absolute Gasteiger partial charge is 0.458 e. The van der Waals surface area contributed by atoms with Crippen molar-refractivity contribution < 1.29 is 62.1 Å². The highest BCUT2D eigenvalue weighted by atomic mass is 19.1. The first-order valence-electron chi connectivity index (χ1n) is 28.1. The molecule has 4 N–H and O–H groups in total. The van der Waals surface area contributed by atoms with E-state index < -0.39 is 52.7 Å². The number of carbonyl (C=O) groups is 9. The number of hydrogen-bond acceptors (Lipinski definition) is 14. The molecule has 4 aromatic rings. The summed E-state index contributed by atoms with van der Waals surface area (Å²) in [4.78, 5) is 137. The van der Waals surface area contributed by atoms with Crippen LogP contribution in [0.2, 0.25) is 0 Å². The van der Waals surface area contributed by atoms with Crippen LogP contribution in [0.3, 0.4) is 0 Å². The maximum Gasteiger partial charge on any atom is 0.343 e. The number of aryl methyl sites for hydroxylation is 1. The van der Waals surface area contributed by atoms with Crippen LogP contribution in [0.5, 0.6) is 0 Å². The number of aromatic nitrogens is 2. The van der Waals surface area contributed by atoms with E-state index in [4.69, 9.17) is 14.5 Å². The third-order valence-electron chi connectivity index (χ3n) is 16.6. The van der Waals surface area contributed by atoms with Crippen LogP contribution >= 0.6 is 0 Å². The van der Waals surface area contributed by atoms with Gasteiger partial charge in [0.15, 0.2) is 23.0 Å². The number of halogens is 1. The van der Waals surface area contributed by atoms with E-state index in [-0.39, 0.29) is 142 Å². The molecule has 424 valence electrons. The number of fused-ring (bicyclic) bond motifs is 5. The van der Waals surface area contributed by atoms with Crippen molar-refractivity contribution in [2.24, 2.45) is 11.8 Å². The number of rotatable bonds is 27. The zero-order chi connectivity index (χ0) is 57.0. The van der Waals surface area contributed by atoms with Crippen LogP contribution in [-0.4, -0.2) is 104 Å². The van der Waals surface area contributed by atoms with Crippen molar-refractivity contribution in [1.82, 2.24) is 30.4 Å². The molecule has 1 saturated carbocycles. The molecule has 2 aromatic heterocycles. The number of amides is 5. The number of ether oxygens (including phenoxy) is 2. The van der Waals surface area contributed by atoms with Crippen molar-refractivity contribution in [1.29, 1.82) is 0 Å². The van der Waals surface area contributed by atoms with Crippen molar-refractivity contribution in [3.05, 3.63) is 97.6 Å². The van der Waals surface area contributed by atoms with E-state index >= 15 is 4.39 Å². The number of hydrogen-bond donors (Lipinski definition) is 4. The molecule has 0 bridgehead atoms. The molecule has 1 unspecified atom stereocenters. The van der Waals surface area contributed by atoms with Crippen molar-refractivity contribution in [3.8, 4) is 11.4 Å². The van der Waals surface area contributed by atoms with Gasteiger partial charge < -0.3 is 35.1 Å². The molecule has 5 heterocycles. The minimum Gasteiger partial charge on any atom is -0.458 e. The summed E-state index contributed by atoms with van der Waals surface area (Å²) in [6.07, 6.45) is 3.75. The molecule has 2 aliphatic carbocycles. The molecule has 2 fully saturated rings. The van der Waals surface area contributed by atoms with Crippen LogP contribution in [0.25, 0.3) is 22.3 Å². The van der Waals surface area contributed by atoms with Crippen molar-refractivity contribution in [3.63, 3.8) is 0 Å². The molecule has 80 heavy (non-hydrogen) atoms. The summed E-state index contributed by atoms with van der Waals surface area (Å²) in [6.45, 7) is 4.61. The Morgan fingerprint density at radius 3 is 2.36 bits per heavy atom. The second-order valence-electron chi connectivity index (χ2n) is 22.2. The Labute approximate surface area is 462 Å². The highest BCUT2D eigenvalue weighted by molar-refractivity contribution is 6.03. The second kappa shape index (κ2) is 24.6. The maximum absolute atomic E-state index is 15.6. The first kappa shape index (κ1) is 57.4. The Balaban J connectivity index is 0.779. The van der Waals surface area contributed by atoms with E-state index in [1.807, 2.05) is 6.07 Å². The fourth-order valence-corrected chi connectivity index (χ4v) is 11.7. The van der Waals surface area contributed by atoms with Gasteiger partial charge in [-0.15, -0.1) is 0 Å². The second-order valence-corrected chi connectivity index (χ2v) is 22.2. The normalized spacial score (nSPS) is 19.7. The minimum atomic E-state index is -2.04. The summed E-state index contributed by atoms with van der Waals surface area (Å²) in [6, 6.07) is 11.0. The Bertz CT molecular complexity index is 3230. The number of imide groups is 1. The molecule has 5 aliphatic rings. The van der Waals surface area contributed by atoms with E-state index in [0.29, 0.717) is 73.1 Å². The minimum absolute atomic E-state index is 0.0329. The first-order chi connectivity index (χ1) is 38.3. The van der Waals surface area contributed by atoms with Crippen molar-refractivity contribution in [2.75, 3.05) is 19.8 Å². The summed E-state index contributed by atoms with van der Waals surface area (Å²) < 4.78 is 28.5. The Kier molecular flexibility index (Phi) is 17.6. The number of aliphatic hydroxyl groups is 1. The molecule has 20 heteroatoms. The van der Waals surface area contributed by atoms with Gasteiger partial charge in [-0.2, -0.15) is 0 Å². The zero-order valence-electron chi connectivity index (χ0n) is 45.6. The number of nitrogens with zero attached hydrogens (tertiary/aromatic N) is 3. The predicted molar refractivity (Wildman–Crippen MR) is 288 cm³/mol. The summed E-state index contributed by atoms with van der Waals surface area (Å²) in [5.74, 6) is -4.41. The smallest absolute Gasteiger partial charge is 0.343 e. The number of nitrogens with one attached hydrogen (secondary N) is 3. The van der Waals surface area contributed by atoms with Crippen LogP contribution in [-0.2, 0) is 84.2 Å². The number of unbranched alkanes of at least 4 members (excludes halogenated alkanes) is 2. The maximum atomic E-state index is 15.6. The molecule has 5 atom stereocenters. The fourth-order valence-electron chi connectivity index (χ4n) is 11.7.